The van der Waals surface area contributed by atoms with Crippen molar-refractivity contribution in [2.45, 2.75) is 13.5 Å². The van der Waals surface area contributed by atoms with Gasteiger partial charge in [0.2, 0.25) is 0 Å². The number of hydrogen-bond donors (Lipinski definition) is 1. The van der Waals surface area contributed by atoms with Crippen molar-refractivity contribution in [2.24, 2.45) is 0 Å². The zero-order valence-corrected chi connectivity index (χ0v) is 11.5. The second kappa shape index (κ2) is 8.53. The first-order valence-electron chi connectivity index (χ1n) is 4.80. The molecule has 1 N–H and O–H groups in total. The van der Waals surface area contributed by atoms with Gasteiger partial charge < -0.3 is 10.1 Å². The molecule has 0 radical (unpaired) electrons. The number of esters is 1. The van der Waals surface area contributed by atoms with Gasteiger partial charge in [-0.25, -0.2) is 4.98 Å². The number of rotatable bonds is 5. The summed E-state index contributed by atoms with van der Waals surface area (Å²) in [5.74, 6) is -0.314. The fraction of sp³-hybridized carbons (Fsp3) is 0.400. The Hall–Kier alpha value is -0.550. The van der Waals surface area contributed by atoms with E-state index in [-0.39, 0.29) is 41.8 Å². The van der Waals surface area contributed by atoms with E-state index in [2.05, 4.69) is 10.3 Å². The zero-order chi connectivity index (χ0) is 12.0. The largest absolute Gasteiger partial charge is 0.460 e. The minimum atomic E-state index is -0.314. The van der Waals surface area contributed by atoms with Crippen LogP contribution in [0.3, 0.4) is 0 Å². The maximum Gasteiger partial charge on any atom is 0.320 e. The highest BCUT2D eigenvalue weighted by Crippen LogP contribution is 2.15. The molecule has 7 heteroatoms. The van der Waals surface area contributed by atoms with Gasteiger partial charge in [0.1, 0.15) is 16.9 Å². The van der Waals surface area contributed by atoms with Gasteiger partial charge in [0, 0.05) is 0 Å². The van der Waals surface area contributed by atoms with Crippen LogP contribution < -0.4 is 5.32 Å². The van der Waals surface area contributed by atoms with Crippen molar-refractivity contribution in [1.82, 2.24) is 10.3 Å². The molecule has 1 heterocycles. The third kappa shape index (κ3) is 6.68. The summed E-state index contributed by atoms with van der Waals surface area (Å²) in [4.78, 5) is 15.0. The first-order chi connectivity index (χ1) is 7.61. The minimum absolute atomic E-state index is 0. The lowest BCUT2D eigenvalue weighted by Gasteiger charge is -2.05. The van der Waals surface area contributed by atoms with Crippen LogP contribution in [0, 0.1) is 0 Å². The lowest BCUT2D eigenvalue weighted by Crippen LogP contribution is -2.24. The molecule has 0 saturated heterocycles. The van der Waals surface area contributed by atoms with Gasteiger partial charge in [-0.15, -0.1) is 12.4 Å². The molecule has 96 valence electrons. The molecule has 0 aliphatic rings. The van der Waals surface area contributed by atoms with Gasteiger partial charge in [-0.1, -0.05) is 30.1 Å². The molecule has 1 rings (SSSR count). The SMILES string of the molecule is CCNCC(=O)OCc1cc(Cl)nc(Cl)c1.Cl. The summed E-state index contributed by atoms with van der Waals surface area (Å²) in [5.41, 5.74) is 0.717. The van der Waals surface area contributed by atoms with E-state index < -0.39 is 0 Å². The lowest BCUT2D eigenvalue weighted by atomic mass is 10.3. The van der Waals surface area contributed by atoms with Crippen molar-refractivity contribution in [2.75, 3.05) is 13.1 Å². The van der Waals surface area contributed by atoms with E-state index in [4.69, 9.17) is 27.9 Å². The third-order valence-electron chi connectivity index (χ3n) is 1.74. The Morgan fingerprint density at radius 1 is 1.41 bits per heavy atom. The van der Waals surface area contributed by atoms with E-state index in [0.717, 1.165) is 12.1 Å². The molecule has 17 heavy (non-hydrogen) atoms. The molecule has 0 spiro atoms. The number of carbonyl (C=O) groups excluding carboxylic acids is 1. The molecule has 1 aromatic heterocycles. The number of nitrogens with zero attached hydrogens (tertiary/aromatic N) is 1. The normalized spacial score (nSPS) is 9.59. The Kier molecular flexibility index (Phi) is 8.25. The Bertz CT molecular complexity index is 354. The average Bonchev–Trinajstić information content (AvgIpc) is 2.22. The van der Waals surface area contributed by atoms with Crippen LogP contribution in [0.4, 0.5) is 0 Å². The van der Waals surface area contributed by atoms with E-state index in [0.29, 0.717) is 0 Å². The van der Waals surface area contributed by atoms with Crippen LogP contribution in [0.1, 0.15) is 12.5 Å². The highest BCUT2D eigenvalue weighted by Gasteiger charge is 2.04. The number of hydrogen-bond acceptors (Lipinski definition) is 4. The van der Waals surface area contributed by atoms with E-state index in [1.54, 1.807) is 12.1 Å². The third-order valence-corrected chi connectivity index (χ3v) is 2.13. The first kappa shape index (κ1) is 16.4. The lowest BCUT2D eigenvalue weighted by molar-refractivity contribution is -0.143. The van der Waals surface area contributed by atoms with Gasteiger partial charge in [0.05, 0.1) is 6.54 Å². The minimum Gasteiger partial charge on any atom is -0.460 e. The van der Waals surface area contributed by atoms with Crippen LogP contribution in [-0.4, -0.2) is 24.0 Å². The average molecular weight is 300 g/mol. The second-order valence-electron chi connectivity index (χ2n) is 3.06. The summed E-state index contributed by atoms with van der Waals surface area (Å²) in [5, 5.41) is 3.43. The van der Waals surface area contributed by atoms with Gasteiger partial charge in [0.15, 0.2) is 0 Å². The Balaban J connectivity index is 0.00000256. The maximum atomic E-state index is 11.2. The Morgan fingerprint density at radius 2 is 2.00 bits per heavy atom. The van der Waals surface area contributed by atoms with Crippen molar-refractivity contribution in [3.63, 3.8) is 0 Å². The van der Waals surface area contributed by atoms with Crippen LogP contribution in [0.2, 0.25) is 10.3 Å². The summed E-state index contributed by atoms with van der Waals surface area (Å²) >= 11 is 11.4. The highest BCUT2D eigenvalue weighted by molar-refractivity contribution is 6.32. The number of halogens is 3. The molecule has 0 atom stereocenters. The monoisotopic (exact) mass is 298 g/mol. The molecule has 0 aromatic carbocycles. The van der Waals surface area contributed by atoms with E-state index in [9.17, 15) is 4.79 Å². The number of pyridine rings is 1. The molecule has 4 nitrogen and oxygen atoms in total. The van der Waals surface area contributed by atoms with Crippen LogP contribution in [0.15, 0.2) is 12.1 Å². The molecular formula is C10H13Cl3N2O2. The summed E-state index contributed by atoms with van der Waals surface area (Å²) in [6, 6.07) is 3.21. The van der Waals surface area contributed by atoms with Crippen LogP contribution in [-0.2, 0) is 16.1 Å². The second-order valence-corrected chi connectivity index (χ2v) is 3.84. The molecule has 0 aliphatic carbocycles. The molecular weight excluding hydrogens is 286 g/mol. The number of likely N-dealkylation sites (N-methyl/N-ethyl adjacent to an activating group) is 1. The predicted octanol–water partition coefficient (Wildman–Crippen LogP) is 2.46. The van der Waals surface area contributed by atoms with Crippen molar-refractivity contribution >= 4 is 41.6 Å². The van der Waals surface area contributed by atoms with Crippen LogP contribution >= 0.6 is 35.6 Å². The van der Waals surface area contributed by atoms with Gasteiger partial charge in [0.25, 0.3) is 0 Å². The number of aromatic nitrogens is 1. The van der Waals surface area contributed by atoms with E-state index >= 15 is 0 Å². The van der Waals surface area contributed by atoms with Crippen molar-refractivity contribution in [1.29, 1.82) is 0 Å². The standard InChI is InChI=1S/C10H12Cl2N2O2.ClH/c1-2-13-5-10(15)16-6-7-3-8(11)14-9(12)4-7;/h3-4,13H,2,5-6H2,1H3;1H. The Morgan fingerprint density at radius 3 is 2.53 bits per heavy atom. The molecule has 0 amide bonds. The van der Waals surface area contributed by atoms with Crippen LogP contribution in [0.5, 0.6) is 0 Å². The van der Waals surface area contributed by atoms with Gasteiger partial charge in [-0.2, -0.15) is 0 Å². The summed E-state index contributed by atoms with van der Waals surface area (Å²) in [6.45, 7) is 2.98. The van der Waals surface area contributed by atoms with Crippen LogP contribution in [0.25, 0.3) is 0 Å². The Labute approximate surface area is 116 Å². The topological polar surface area (TPSA) is 51.2 Å². The number of carbonyl (C=O) groups is 1. The smallest absolute Gasteiger partial charge is 0.320 e. The predicted molar refractivity (Wildman–Crippen MR) is 69.8 cm³/mol. The molecule has 1 aromatic rings. The number of nitrogens with one attached hydrogen (secondary N) is 1. The molecule has 0 aliphatic heterocycles. The van der Waals surface area contributed by atoms with Crippen molar-refractivity contribution < 1.29 is 9.53 Å². The van der Waals surface area contributed by atoms with E-state index in [1.165, 1.54) is 0 Å². The van der Waals surface area contributed by atoms with Gasteiger partial charge in [-0.3, -0.25) is 4.79 Å². The molecule has 0 bridgehead atoms. The van der Waals surface area contributed by atoms with Gasteiger partial charge >= 0.3 is 5.97 Å². The quantitative estimate of drug-likeness (QED) is 0.670. The van der Waals surface area contributed by atoms with E-state index in [1.807, 2.05) is 6.92 Å². The maximum absolute atomic E-state index is 11.2. The first-order valence-corrected chi connectivity index (χ1v) is 5.55. The fourth-order valence-corrected chi connectivity index (χ4v) is 1.55. The molecule has 0 fully saturated rings. The summed E-state index contributed by atoms with van der Waals surface area (Å²) in [7, 11) is 0. The van der Waals surface area contributed by atoms with Gasteiger partial charge in [-0.05, 0) is 24.2 Å². The summed E-state index contributed by atoms with van der Waals surface area (Å²) < 4.78 is 4.99. The van der Waals surface area contributed by atoms with Crippen molar-refractivity contribution in [3.05, 3.63) is 28.0 Å². The van der Waals surface area contributed by atoms with Crippen molar-refractivity contribution in [3.8, 4) is 0 Å². The highest BCUT2D eigenvalue weighted by atomic mass is 35.5. The zero-order valence-electron chi connectivity index (χ0n) is 9.20. The fourth-order valence-electron chi connectivity index (χ4n) is 1.04. The molecule has 0 unspecified atom stereocenters. The number of ether oxygens (including phenoxy) is 1. The molecule has 0 saturated carbocycles. The summed E-state index contributed by atoms with van der Waals surface area (Å²) in [6.07, 6.45) is 0.